The fourth-order valence-electron chi connectivity index (χ4n) is 6.70. The number of ether oxygens (including phenoxy) is 2. The highest BCUT2D eigenvalue weighted by Gasteiger charge is 2.39. The molecule has 0 saturated heterocycles. The van der Waals surface area contributed by atoms with Crippen LogP contribution in [0.2, 0.25) is 0 Å². The number of phosphoric acid groups is 1. The lowest BCUT2D eigenvalue weighted by molar-refractivity contribution is -0.160. The van der Waals surface area contributed by atoms with Crippen molar-refractivity contribution >= 4 is 19.8 Å². The summed E-state index contributed by atoms with van der Waals surface area (Å²) in [5.74, 6) is -1.81. The molecule has 52 heavy (non-hydrogen) atoms. The normalized spacial score (nSPS) is 20.5. The van der Waals surface area contributed by atoms with Crippen molar-refractivity contribution < 1.29 is 53.3 Å². The zero-order valence-corrected chi connectivity index (χ0v) is 33.2. The molecule has 0 aromatic rings. The molecule has 1 aliphatic carbocycles. The lowest BCUT2D eigenvalue weighted by Gasteiger charge is -2.20. The Kier molecular flexibility index (Phi) is 28.6. The van der Waals surface area contributed by atoms with E-state index < -0.39 is 57.4 Å². The van der Waals surface area contributed by atoms with E-state index in [1.54, 1.807) is 24.3 Å². The van der Waals surface area contributed by atoms with E-state index in [0.29, 0.717) is 19.3 Å². The summed E-state index contributed by atoms with van der Waals surface area (Å²) in [7, 11) is -4.84. The minimum atomic E-state index is -4.84. The number of aliphatic hydroxyl groups excluding tert-OH is 3. The Morgan fingerprint density at radius 2 is 1.27 bits per heavy atom. The van der Waals surface area contributed by atoms with E-state index in [0.717, 1.165) is 38.5 Å². The number of hydrogen-bond acceptors (Lipinski definition) is 9. The van der Waals surface area contributed by atoms with Crippen LogP contribution < -0.4 is 0 Å². The van der Waals surface area contributed by atoms with Crippen LogP contribution in [0.1, 0.15) is 168 Å². The Hall–Kier alpha value is -1.59. The van der Waals surface area contributed by atoms with Crippen LogP contribution in [0.3, 0.4) is 0 Å². The Bertz CT molecular complexity index is 1010. The van der Waals surface area contributed by atoms with Gasteiger partial charge in [0, 0.05) is 18.8 Å². The summed E-state index contributed by atoms with van der Waals surface area (Å²) in [6, 6.07) is 0. The molecule has 1 aliphatic rings. The van der Waals surface area contributed by atoms with Crippen molar-refractivity contribution in [3.05, 3.63) is 24.3 Å². The molecule has 0 heterocycles. The maximum atomic E-state index is 12.5. The number of unbranched alkanes of at least 4 members (excludes halogenated alkanes) is 17. The second kappa shape index (κ2) is 30.7. The highest BCUT2D eigenvalue weighted by atomic mass is 31.2. The van der Waals surface area contributed by atoms with Gasteiger partial charge in [-0.3, -0.25) is 14.1 Å². The molecule has 0 unspecified atom stereocenters. The van der Waals surface area contributed by atoms with E-state index >= 15 is 0 Å². The molecule has 1 rings (SSSR count). The monoisotopic (exact) mass is 760 g/mol. The standard InChI is InChI=1S/C40H73O11P/c1-3-5-7-8-9-10-11-12-13-14-15-16-17-18-19-21-26-39(44)49-31-34(32-50-52(46,47)48)51-40(45)27-23-22-25-35-36(38(43)30-37(35)42)29-28-33(41)24-20-6-4-2/h22-23,28-29,33-38,41-43H,3-21,24-27,30-32H2,1-2H3,(H2,46,47,48)/b23-22-,29-28+/t33-,34-,35+,36-,37+,38-/m1/s1. The van der Waals surface area contributed by atoms with Crippen LogP contribution in [-0.4, -0.2) is 74.7 Å². The summed E-state index contributed by atoms with van der Waals surface area (Å²) in [5.41, 5.74) is 0. The van der Waals surface area contributed by atoms with Gasteiger partial charge >= 0.3 is 19.8 Å². The molecule has 6 atom stereocenters. The van der Waals surface area contributed by atoms with Gasteiger partial charge < -0.3 is 34.6 Å². The van der Waals surface area contributed by atoms with Crippen LogP contribution in [0.5, 0.6) is 0 Å². The van der Waals surface area contributed by atoms with Crippen LogP contribution in [0.4, 0.5) is 0 Å². The van der Waals surface area contributed by atoms with Gasteiger partial charge in [-0.2, -0.15) is 0 Å². The molecule has 1 fully saturated rings. The first-order valence-electron chi connectivity index (χ1n) is 20.4. The van der Waals surface area contributed by atoms with Crippen LogP contribution in [0, 0.1) is 11.8 Å². The fourth-order valence-corrected chi connectivity index (χ4v) is 7.06. The molecule has 304 valence electrons. The van der Waals surface area contributed by atoms with Gasteiger partial charge in [0.2, 0.25) is 0 Å². The van der Waals surface area contributed by atoms with Crippen LogP contribution >= 0.6 is 7.82 Å². The van der Waals surface area contributed by atoms with E-state index in [-0.39, 0.29) is 31.1 Å². The van der Waals surface area contributed by atoms with Crippen molar-refractivity contribution in [1.82, 2.24) is 0 Å². The van der Waals surface area contributed by atoms with Gasteiger partial charge in [0.15, 0.2) is 6.10 Å². The van der Waals surface area contributed by atoms with Gasteiger partial charge in [0.1, 0.15) is 6.61 Å². The number of esters is 2. The summed E-state index contributed by atoms with van der Waals surface area (Å²) >= 11 is 0. The molecule has 5 N–H and O–H groups in total. The number of hydrogen-bond donors (Lipinski definition) is 5. The summed E-state index contributed by atoms with van der Waals surface area (Å²) in [6.45, 7) is 3.31. The summed E-state index contributed by atoms with van der Waals surface area (Å²) in [4.78, 5) is 43.1. The molecule has 11 nitrogen and oxygen atoms in total. The Morgan fingerprint density at radius 3 is 1.83 bits per heavy atom. The van der Waals surface area contributed by atoms with Gasteiger partial charge in [-0.15, -0.1) is 0 Å². The van der Waals surface area contributed by atoms with E-state index in [2.05, 4.69) is 18.4 Å². The quantitative estimate of drug-likeness (QED) is 0.0188. The second-order valence-corrected chi connectivity index (χ2v) is 15.8. The first kappa shape index (κ1) is 48.4. The van der Waals surface area contributed by atoms with Gasteiger partial charge in [-0.1, -0.05) is 154 Å². The predicted molar refractivity (Wildman–Crippen MR) is 204 cm³/mol. The van der Waals surface area contributed by atoms with E-state index in [9.17, 15) is 29.5 Å². The largest absolute Gasteiger partial charge is 0.469 e. The SMILES string of the molecule is CCCCCCCCCCCCCCCCCCC(=O)OC[C@H](COP(=O)(O)O)OC(=O)C/C=C\C[C@H]1[C@@H](/C=C/[C@H](O)CCCCC)[C@H](O)C[C@@H]1O. The zero-order chi connectivity index (χ0) is 38.5. The van der Waals surface area contributed by atoms with Gasteiger partial charge in [-0.05, 0) is 25.2 Å². The first-order valence-corrected chi connectivity index (χ1v) is 21.9. The predicted octanol–water partition coefficient (Wildman–Crippen LogP) is 8.39. The van der Waals surface area contributed by atoms with E-state index in [1.165, 1.54) is 77.0 Å². The minimum absolute atomic E-state index is 0.165. The molecule has 1 saturated carbocycles. The molecule has 0 aromatic heterocycles. The topological polar surface area (TPSA) is 180 Å². The Labute approximate surface area is 314 Å². The van der Waals surface area contributed by atoms with Crippen molar-refractivity contribution in [3.8, 4) is 0 Å². The Morgan fingerprint density at radius 1 is 0.731 bits per heavy atom. The number of aliphatic hydroxyl groups is 3. The van der Waals surface area contributed by atoms with Crippen LogP contribution in [0.15, 0.2) is 24.3 Å². The lowest BCUT2D eigenvalue weighted by Crippen LogP contribution is -2.29. The molecular weight excluding hydrogens is 687 g/mol. The maximum Gasteiger partial charge on any atom is 0.469 e. The van der Waals surface area contributed by atoms with E-state index in [4.69, 9.17) is 19.3 Å². The third-order valence-corrected chi connectivity index (χ3v) is 10.3. The average Bonchev–Trinajstić information content (AvgIpc) is 3.37. The number of carbonyl (C=O) groups excluding carboxylic acids is 2. The highest BCUT2D eigenvalue weighted by molar-refractivity contribution is 7.46. The van der Waals surface area contributed by atoms with Gasteiger partial charge in [0.05, 0.1) is 31.3 Å². The molecule has 0 spiro atoms. The minimum Gasteiger partial charge on any atom is -0.462 e. The number of phosphoric ester groups is 1. The van der Waals surface area contributed by atoms with Crippen molar-refractivity contribution in [2.75, 3.05) is 13.2 Å². The molecule has 0 radical (unpaired) electrons. The maximum absolute atomic E-state index is 12.5. The summed E-state index contributed by atoms with van der Waals surface area (Å²) in [5, 5.41) is 31.2. The Balaban J connectivity index is 2.33. The van der Waals surface area contributed by atoms with Crippen LogP contribution in [-0.2, 0) is 28.2 Å². The molecular formula is C40H73O11P. The van der Waals surface area contributed by atoms with Crippen molar-refractivity contribution in [2.45, 2.75) is 192 Å². The van der Waals surface area contributed by atoms with Crippen molar-refractivity contribution in [1.29, 1.82) is 0 Å². The van der Waals surface area contributed by atoms with Crippen molar-refractivity contribution in [2.24, 2.45) is 11.8 Å². The average molecular weight is 761 g/mol. The molecule has 0 amide bonds. The third kappa shape index (κ3) is 26.2. The third-order valence-electron chi connectivity index (χ3n) is 9.83. The second-order valence-electron chi connectivity index (χ2n) is 14.6. The fraction of sp³-hybridized carbons (Fsp3) is 0.850. The number of allylic oxidation sites excluding steroid dienone is 1. The molecule has 12 heteroatoms. The van der Waals surface area contributed by atoms with E-state index in [1.807, 2.05) is 0 Å². The lowest BCUT2D eigenvalue weighted by atomic mass is 9.89. The number of carbonyl (C=O) groups is 2. The highest BCUT2D eigenvalue weighted by Crippen LogP contribution is 2.37. The first-order chi connectivity index (χ1) is 25.0. The van der Waals surface area contributed by atoms with Gasteiger partial charge in [-0.25, -0.2) is 4.57 Å². The smallest absolute Gasteiger partial charge is 0.462 e. The molecule has 0 bridgehead atoms. The zero-order valence-electron chi connectivity index (χ0n) is 32.3. The summed E-state index contributed by atoms with van der Waals surface area (Å²) < 4.78 is 26.3. The van der Waals surface area contributed by atoms with Gasteiger partial charge in [0.25, 0.3) is 0 Å². The summed E-state index contributed by atoms with van der Waals surface area (Å²) in [6.07, 6.45) is 27.4. The number of rotatable bonds is 33. The van der Waals surface area contributed by atoms with Crippen molar-refractivity contribution in [3.63, 3.8) is 0 Å². The van der Waals surface area contributed by atoms with Crippen LogP contribution in [0.25, 0.3) is 0 Å². The molecule has 0 aliphatic heterocycles. The molecule has 0 aromatic carbocycles.